The third kappa shape index (κ3) is 6.32. The fourth-order valence-electron chi connectivity index (χ4n) is 6.35. The molecule has 2 aliphatic rings. The number of amides is 2. The van der Waals surface area contributed by atoms with Crippen LogP contribution in [0, 0.1) is 17.8 Å². The van der Waals surface area contributed by atoms with E-state index in [1.54, 1.807) is 36.5 Å². The molecule has 0 spiro atoms. The average Bonchev–Trinajstić information content (AvgIpc) is 3.60. The van der Waals surface area contributed by atoms with E-state index in [9.17, 15) is 35.0 Å². The first-order chi connectivity index (χ1) is 21.3. The fraction of sp³-hybridized carbons (Fsp3) is 0.344. The second-order valence-corrected chi connectivity index (χ2v) is 11.0. The first-order valence-electron chi connectivity index (χ1n) is 14.4. The first-order valence-corrected chi connectivity index (χ1v) is 14.4. The average molecular weight is 602 g/mol. The standard InChI is InChI=1S/C32H35BN2O9/c1-43-18-20-14-25-30(32(40)35(31(25)39)22-6-4-5-21(15-22)33(41)42)26(17-37)29(20)28(38)11-8-19(27-7-2-3-12-34-27)13-23-9-10-24(16-36)44-23/h2-7,9-10,12-13,15,25-26,28,30,36-38,41-42H,8,11,14,16-18H2,1H3/b19-13-/t25-,26+,28-,30-/m1/s1. The Balaban J connectivity index is 1.44. The van der Waals surface area contributed by atoms with Crippen LogP contribution in [0.25, 0.3) is 11.6 Å². The van der Waals surface area contributed by atoms with Gasteiger partial charge in [-0.2, -0.15) is 0 Å². The van der Waals surface area contributed by atoms with Crippen molar-refractivity contribution in [2.75, 3.05) is 25.2 Å². The Kier molecular flexibility index (Phi) is 9.89. The molecule has 2 amide bonds. The van der Waals surface area contributed by atoms with Crippen LogP contribution < -0.4 is 10.4 Å². The molecular weight excluding hydrogens is 567 g/mol. The molecule has 1 aromatic carbocycles. The number of benzene rings is 1. The van der Waals surface area contributed by atoms with Gasteiger partial charge in [-0.25, -0.2) is 0 Å². The second-order valence-electron chi connectivity index (χ2n) is 11.0. The lowest BCUT2D eigenvalue weighted by Crippen LogP contribution is -2.39. The van der Waals surface area contributed by atoms with Crippen LogP contribution in [-0.4, -0.2) is 75.7 Å². The summed E-state index contributed by atoms with van der Waals surface area (Å²) < 4.78 is 11.1. The van der Waals surface area contributed by atoms with E-state index >= 15 is 0 Å². The molecule has 4 atom stereocenters. The molecule has 0 bridgehead atoms. The van der Waals surface area contributed by atoms with Gasteiger partial charge in [-0.1, -0.05) is 18.2 Å². The highest BCUT2D eigenvalue weighted by molar-refractivity contribution is 6.58. The van der Waals surface area contributed by atoms with Gasteiger partial charge < -0.3 is 34.5 Å². The summed E-state index contributed by atoms with van der Waals surface area (Å²) in [4.78, 5) is 32.9. The van der Waals surface area contributed by atoms with Crippen LogP contribution in [0.3, 0.4) is 0 Å². The monoisotopic (exact) mass is 602 g/mol. The molecule has 2 aromatic heterocycles. The largest absolute Gasteiger partial charge is 0.488 e. The van der Waals surface area contributed by atoms with Gasteiger partial charge in [0, 0.05) is 19.2 Å². The molecule has 5 rings (SSSR count). The van der Waals surface area contributed by atoms with Crippen molar-refractivity contribution in [2.24, 2.45) is 17.8 Å². The van der Waals surface area contributed by atoms with Gasteiger partial charge in [0.25, 0.3) is 0 Å². The van der Waals surface area contributed by atoms with Crippen molar-refractivity contribution in [1.29, 1.82) is 0 Å². The number of aliphatic hydroxyl groups excluding tert-OH is 3. The molecule has 11 nitrogen and oxygen atoms in total. The lowest BCUT2D eigenvalue weighted by Gasteiger charge is -2.36. The van der Waals surface area contributed by atoms with Crippen molar-refractivity contribution in [2.45, 2.75) is 32.0 Å². The topological polar surface area (TPSA) is 174 Å². The van der Waals surface area contributed by atoms with Crippen LogP contribution in [-0.2, 0) is 20.9 Å². The zero-order valence-corrected chi connectivity index (χ0v) is 24.2. The molecule has 230 valence electrons. The van der Waals surface area contributed by atoms with Crippen molar-refractivity contribution >= 4 is 41.7 Å². The molecule has 1 fully saturated rings. The molecule has 1 aliphatic carbocycles. The van der Waals surface area contributed by atoms with Crippen molar-refractivity contribution in [3.8, 4) is 0 Å². The number of aliphatic hydroxyl groups is 3. The number of hydrogen-bond acceptors (Lipinski definition) is 10. The Morgan fingerprint density at radius 1 is 1.14 bits per heavy atom. The van der Waals surface area contributed by atoms with E-state index in [2.05, 4.69) is 4.98 Å². The van der Waals surface area contributed by atoms with Crippen molar-refractivity contribution in [3.63, 3.8) is 0 Å². The van der Waals surface area contributed by atoms with Crippen LogP contribution in [0.5, 0.6) is 0 Å². The molecule has 1 saturated heterocycles. The van der Waals surface area contributed by atoms with Gasteiger partial charge in [0.05, 0.1) is 42.5 Å². The van der Waals surface area contributed by atoms with Crippen LogP contribution in [0.15, 0.2) is 76.4 Å². The number of pyridine rings is 1. The molecule has 3 aromatic rings. The molecule has 1 aliphatic heterocycles. The predicted octanol–water partition coefficient (Wildman–Crippen LogP) is 1.29. The number of fused-ring (bicyclic) bond motifs is 1. The van der Waals surface area contributed by atoms with Gasteiger partial charge in [-0.05, 0) is 83.9 Å². The zero-order chi connectivity index (χ0) is 31.4. The molecule has 0 saturated carbocycles. The number of aromatic nitrogens is 1. The summed E-state index contributed by atoms with van der Waals surface area (Å²) in [5.74, 6) is -2.55. The van der Waals surface area contributed by atoms with E-state index in [1.807, 2.05) is 12.1 Å². The van der Waals surface area contributed by atoms with Gasteiger partial charge in [-0.15, -0.1) is 0 Å². The van der Waals surface area contributed by atoms with E-state index in [1.165, 1.54) is 25.3 Å². The number of furan rings is 1. The number of hydrogen-bond donors (Lipinski definition) is 5. The minimum Gasteiger partial charge on any atom is -0.459 e. The SMILES string of the molecule is COCC1=C([C@H](O)CC/C(=C/c2ccc(CO)o2)c2ccccn2)[C@H](CO)[C@@H]2C(=O)N(c3cccc(B(O)O)c3)C(=O)[C@@H]2C1. The van der Waals surface area contributed by atoms with Crippen molar-refractivity contribution in [3.05, 3.63) is 89.2 Å². The summed E-state index contributed by atoms with van der Waals surface area (Å²) >= 11 is 0. The minimum atomic E-state index is -1.78. The van der Waals surface area contributed by atoms with E-state index in [-0.39, 0.29) is 37.2 Å². The number of ether oxygens (including phenoxy) is 1. The smallest absolute Gasteiger partial charge is 0.459 e. The van der Waals surface area contributed by atoms with Gasteiger partial charge >= 0.3 is 7.12 Å². The molecule has 44 heavy (non-hydrogen) atoms. The summed E-state index contributed by atoms with van der Waals surface area (Å²) in [5, 5.41) is 50.9. The third-order valence-corrected chi connectivity index (χ3v) is 8.32. The van der Waals surface area contributed by atoms with Crippen LogP contribution in [0.1, 0.15) is 36.5 Å². The highest BCUT2D eigenvalue weighted by atomic mass is 16.5. The van der Waals surface area contributed by atoms with Crippen LogP contribution in [0.2, 0.25) is 0 Å². The minimum absolute atomic E-state index is 0.110. The molecule has 0 unspecified atom stereocenters. The number of methoxy groups -OCH3 is 1. The third-order valence-electron chi connectivity index (χ3n) is 8.32. The summed E-state index contributed by atoms with van der Waals surface area (Å²) in [6.45, 7) is -0.596. The van der Waals surface area contributed by atoms with E-state index < -0.39 is 49.4 Å². The first kappa shape index (κ1) is 31.5. The summed E-state index contributed by atoms with van der Waals surface area (Å²) in [7, 11) is -0.274. The zero-order valence-electron chi connectivity index (χ0n) is 24.2. The highest BCUT2D eigenvalue weighted by Crippen LogP contribution is 2.47. The van der Waals surface area contributed by atoms with Crippen molar-refractivity contribution < 1.29 is 44.1 Å². The number of carbonyl (C=O) groups excluding carboxylic acids is 2. The van der Waals surface area contributed by atoms with E-state index in [0.29, 0.717) is 34.8 Å². The number of allylic oxidation sites excluding steroid dienone is 1. The lowest BCUT2D eigenvalue weighted by molar-refractivity contribution is -0.123. The van der Waals surface area contributed by atoms with Crippen molar-refractivity contribution in [1.82, 2.24) is 4.98 Å². The maximum absolute atomic E-state index is 13.8. The number of carbonyl (C=O) groups is 2. The Morgan fingerprint density at radius 2 is 1.95 bits per heavy atom. The lowest BCUT2D eigenvalue weighted by atomic mass is 9.68. The molecular formula is C32H35BN2O9. The van der Waals surface area contributed by atoms with Crippen LogP contribution >= 0.6 is 0 Å². The normalized spacial score (nSPS) is 21.2. The summed E-state index contributed by atoms with van der Waals surface area (Å²) in [6.07, 6.45) is 3.14. The number of nitrogens with zero attached hydrogens (tertiary/aromatic N) is 2. The quantitative estimate of drug-likeness (QED) is 0.116. The summed E-state index contributed by atoms with van der Waals surface area (Å²) in [6, 6.07) is 14.8. The second kappa shape index (κ2) is 13.8. The molecule has 3 heterocycles. The van der Waals surface area contributed by atoms with E-state index in [0.717, 1.165) is 10.5 Å². The molecule has 5 N–H and O–H groups in total. The molecule has 0 radical (unpaired) electrons. The number of rotatable bonds is 12. The Hall–Kier alpha value is -3.91. The van der Waals surface area contributed by atoms with Gasteiger partial charge in [-0.3, -0.25) is 19.5 Å². The molecule has 12 heteroatoms. The maximum atomic E-state index is 13.8. The predicted molar refractivity (Wildman–Crippen MR) is 162 cm³/mol. The fourth-order valence-corrected chi connectivity index (χ4v) is 6.35. The highest BCUT2D eigenvalue weighted by Gasteiger charge is 2.55. The van der Waals surface area contributed by atoms with Gasteiger partial charge in [0.2, 0.25) is 11.8 Å². The van der Waals surface area contributed by atoms with Crippen LogP contribution in [0.4, 0.5) is 5.69 Å². The maximum Gasteiger partial charge on any atom is 0.488 e. The van der Waals surface area contributed by atoms with Gasteiger partial charge in [0.1, 0.15) is 18.1 Å². The number of anilines is 1. The Labute approximate surface area is 254 Å². The van der Waals surface area contributed by atoms with Gasteiger partial charge in [0.15, 0.2) is 0 Å². The van der Waals surface area contributed by atoms with E-state index in [4.69, 9.17) is 9.15 Å². The summed E-state index contributed by atoms with van der Waals surface area (Å²) in [5.41, 5.74) is 2.93. The Morgan fingerprint density at radius 3 is 2.61 bits per heavy atom. The Bertz CT molecular complexity index is 1550. The number of imide groups is 1.